The maximum Gasteiger partial charge on any atom is 0.227 e. The molecule has 2 unspecified atom stereocenters. The molecular weight excluding hydrogens is 204 g/mol. The highest BCUT2D eigenvalue weighted by molar-refractivity contribution is 5.84. The summed E-state index contributed by atoms with van der Waals surface area (Å²) in [5.41, 5.74) is 5.36. The topological polar surface area (TPSA) is 75.4 Å². The van der Waals surface area contributed by atoms with E-state index in [4.69, 9.17) is 5.73 Å². The van der Waals surface area contributed by atoms with Crippen molar-refractivity contribution in [2.45, 2.75) is 57.1 Å². The Bertz CT molecular complexity index is 258. The molecule has 0 heterocycles. The molecule has 2 fully saturated rings. The van der Waals surface area contributed by atoms with Gasteiger partial charge in [-0.1, -0.05) is 19.3 Å². The molecule has 1 amide bonds. The average molecular weight is 226 g/mol. The van der Waals surface area contributed by atoms with Crippen LogP contribution in [0.5, 0.6) is 0 Å². The smallest absolute Gasteiger partial charge is 0.227 e. The van der Waals surface area contributed by atoms with Gasteiger partial charge in [-0.05, 0) is 25.7 Å². The van der Waals surface area contributed by atoms with Crippen LogP contribution >= 0.6 is 0 Å². The summed E-state index contributed by atoms with van der Waals surface area (Å²) in [6.07, 6.45) is 6.39. The van der Waals surface area contributed by atoms with Gasteiger partial charge in [0, 0.05) is 6.54 Å². The third kappa shape index (κ3) is 2.09. The minimum Gasteiger partial charge on any atom is -0.391 e. The lowest BCUT2D eigenvalue weighted by Gasteiger charge is -2.41. The SMILES string of the molecule is NCC1(C(=O)NC2CCCCC2O)CCC1. The molecule has 0 aromatic rings. The van der Waals surface area contributed by atoms with Crippen molar-refractivity contribution >= 4 is 5.91 Å². The Kier molecular flexibility index (Phi) is 3.50. The van der Waals surface area contributed by atoms with Gasteiger partial charge < -0.3 is 16.2 Å². The number of amides is 1. The quantitative estimate of drug-likeness (QED) is 0.657. The molecule has 2 rings (SSSR count). The van der Waals surface area contributed by atoms with Crippen molar-refractivity contribution in [1.82, 2.24) is 5.32 Å². The number of nitrogens with one attached hydrogen (secondary N) is 1. The predicted octanol–water partition coefficient (Wildman–Crippen LogP) is 0.535. The van der Waals surface area contributed by atoms with Gasteiger partial charge in [-0.25, -0.2) is 0 Å². The zero-order valence-electron chi connectivity index (χ0n) is 9.74. The van der Waals surface area contributed by atoms with Crippen molar-refractivity contribution in [2.24, 2.45) is 11.1 Å². The molecule has 0 saturated heterocycles. The van der Waals surface area contributed by atoms with Crippen molar-refractivity contribution < 1.29 is 9.90 Å². The van der Waals surface area contributed by atoms with Crippen molar-refractivity contribution in [1.29, 1.82) is 0 Å². The molecule has 4 nitrogen and oxygen atoms in total. The summed E-state index contributed by atoms with van der Waals surface area (Å²) in [7, 11) is 0. The second-order valence-corrected chi connectivity index (χ2v) is 5.27. The fraction of sp³-hybridized carbons (Fsp3) is 0.917. The number of aliphatic hydroxyl groups excluding tert-OH is 1. The maximum absolute atomic E-state index is 12.1. The molecule has 0 bridgehead atoms. The zero-order valence-corrected chi connectivity index (χ0v) is 9.74. The van der Waals surface area contributed by atoms with Crippen LogP contribution in [-0.2, 0) is 4.79 Å². The number of rotatable bonds is 3. The van der Waals surface area contributed by atoms with Crippen molar-refractivity contribution in [2.75, 3.05) is 6.54 Å². The summed E-state index contributed by atoms with van der Waals surface area (Å²) in [6, 6.07) is -0.0507. The van der Waals surface area contributed by atoms with Gasteiger partial charge in [-0.2, -0.15) is 0 Å². The van der Waals surface area contributed by atoms with Crippen LogP contribution in [0.1, 0.15) is 44.9 Å². The van der Waals surface area contributed by atoms with E-state index in [2.05, 4.69) is 5.32 Å². The van der Waals surface area contributed by atoms with Crippen molar-refractivity contribution in [3.05, 3.63) is 0 Å². The molecule has 2 atom stereocenters. The molecule has 92 valence electrons. The zero-order chi connectivity index (χ0) is 11.6. The van der Waals surface area contributed by atoms with E-state index < -0.39 is 0 Å². The Morgan fingerprint density at radius 1 is 1.31 bits per heavy atom. The third-order valence-corrected chi connectivity index (χ3v) is 4.23. The molecule has 4 heteroatoms. The summed E-state index contributed by atoms with van der Waals surface area (Å²) in [5, 5.41) is 12.8. The maximum atomic E-state index is 12.1. The van der Waals surface area contributed by atoms with Gasteiger partial charge in [-0.15, -0.1) is 0 Å². The summed E-state index contributed by atoms with van der Waals surface area (Å²) in [5.74, 6) is 0.0622. The molecule has 0 spiro atoms. The molecule has 2 aliphatic carbocycles. The predicted molar refractivity (Wildman–Crippen MR) is 61.7 cm³/mol. The van der Waals surface area contributed by atoms with E-state index in [0.29, 0.717) is 6.54 Å². The Morgan fingerprint density at radius 2 is 2.00 bits per heavy atom. The van der Waals surface area contributed by atoms with Crippen LogP contribution in [-0.4, -0.2) is 29.7 Å². The van der Waals surface area contributed by atoms with Crippen LogP contribution in [0.15, 0.2) is 0 Å². The Hall–Kier alpha value is -0.610. The first-order valence-electron chi connectivity index (χ1n) is 6.37. The Morgan fingerprint density at radius 3 is 2.50 bits per heavy atom. The van der Waals surface area contributed by atoms with Gasteiger partial charge in [0.15, 0.2) is 0 Å². The van der Waals surface area contributed by atoms with Crippen LogP contribution in [0.3, 0.4) is 0 Å². The lowest BCUT2D eigenvalue weighted by atomic mass is 9.68. The van der Waals surface area contributed by atoms with Gasteiger partial charge >= 0.3 is 0 Å². The second-order valence-electron chi connectivity index (χ2n) is 5.27. The van der Waals surface area contributed by atoms with Crippen LogP contribution in [0.4, 0.5) is 0 Å². The van der Waals surface area contributed by atoms with Crippen LogP contribution < -0.4 is 11.1 Å². The molecular formula is C12H22N2O2. The Labute approximate surface area is 96.6 Å². The fourth-order valence-electron chi connectivity index (χ4n) is 2.73. The van der Waals surface area contributed by atoms with Crippen LogP contribution in [0.2, 0.25) is 0 Å². The molecule has 0 aliphatic heterocycles. The average Bonchev–Trinajstić information content (AvgIpc) is 2.21. The van der Waals surface area contributed by atoms with E-state index in [-0.39, 0.29) is 23.5 Å². The fourth-order valence-corrected chi connectivity index (χ4v) is 2.73. The molecule has 0 aromatic heterocycles. The van der Waals surface area contributed by atoms with E-state index in [1.54, 1.807) is 0 Å². The van der Waals surface area contributed by atoms with Crippen LogP contribution in [0.25, 0.3) is 0 Å². The lowest BCUT2D eigenvalue weighted by molar-refractivity contribution is -0.137. The van der Waals surface area contributed by atoms with E-state index in [9.17, 15) is 9.90 Å². The summed E-state index contributed by atoms with van der Waals surface area (Å²) < 4.78 is 0. The van der Waals surface area contributed by atoms with Crippen molar-refractivity contribution in [3.63, 3.8) is 0 Å². The number of hydrogen-bond acceptors (Lipinski definition) is 3. The van der Waals surface area contributed by atoms with Gasteiger partial charge in [0.25, 0.3) is 0 Å². The molecule has 4 N–H and O–H groups in total. The first-order chi connectivity index (χ1) is 7.68. The lowest BCUT2D eigenvalue weighted by Crippen LogP contribution is -2.55. The molecule has 2 saturated carbocycles. The number of nitrogens with two attached hydrogens (primary N) is 1. The number of hydrogen-bond donors (Lipinski definition) is 3. The summed E-state index contributed by atoms with van der Waals surface area (Å²) in [4.78, 5) is 12.1. The second kappa shape index (κ2) is 4.72. The van der Waals surface area contributed by atoms with Gasteiger partial charge in [0.1, 0.15) is 0 Å². The Balaban J connectivity index is 1.90. The van der Waals surface area contributed by atoms with Crippen molar-refractivity contribution in [3.8, 4) is 0 Å². The van der Waals surface area contributed by atoms with E-state index in [1.165, 1.54) is 0 Å². The first kappa shape index (κ1) is 11.9. The standard InChI is InChI=1S/C12H22N2O2/c13-8-12(6-3-7-12)11(16)14-9-4-1-2-5-10(9)15/h9-10,15H,1-8,13H2,(H,14,16). The minimum atomic E-state index is -0.368. The largest absolute Gasteiger partial charge is 0.391 e. The highest BCUT2D eigenvalue weighted by Crippen LogP contribution is 2.40. The normalized spacial score (nSPS) is 32.9. The minimum absolute atomic E-state index is 0.0507. The highest BCUT2D eigenvalue weighted by Gasteiger charge is 2.43. The molecule has 0 aromatic carbocycles. The third-order valence-electron chi connectivity index (χ3n) is 4.23. The van der Waals surface area contributed by atoms with E-state index in [1.807, 2.05) is 0 Å². The monoisotopic (exact) mass is 226 g/mol. The number of carbonyl (C=O) groups excluding carboxylic acids is 1. The number of carbonyl (C=O) groups is 1. The molecule has 2 aliphatic rings. The number of aliphatic hydroxyl groups is 1. The van der Waals surface area contributed by atoms with Gasteiger partial charge in [0.05, 0.1) is 17.6 Å². The van der Waals surface area contributed by atoms with Gasteiger partial charge in [0.2, 0.25) is 5.91 Å². The summed E-state index contributed by atoms with van der Waals surface area (Å²) in [6.45, 7) is 0.432. The van der Waals surface area contributed by atoms with Crippen LogP contribution in [0, 0.1) is 5.41 Å². The molecule has 0 radical (unpaired) electrons. The first-order valence-corrected chi connectivity index (χ1v) is 6.37. The molecule has 16 heavy (non-hydrogen) atoms. The highest BCUT2D eigenvalue weighted by atomic mass is 16.3. The van der Waals surface area contributed by atoms with Gasteiger partial charge in [-0.3, -0.25) is 4.79 Å². The summed E-state index contributed by atoms with van der Waals surface area (Å²) >= 11 is 0. The van der Waals surface area contributed by atoms with E-state index in [0.717, 1.165) is 44.9 Å². The van der Waals surface area contributed by atoms with E-state index >= 15 is 0 Å².